The summed E-state index contributed by atoms with van der Waals surface area (Å²) >= 11 is 1.20. The van der Waals surface area contributed by atoms with Gasteiger partial charge in [-0.25, -0.2) is 0 Å². The SMILES string of the molecule is COc1ccc(NC(C)=O)cc1NC(=O)CSCC(=O)Nc1ccc(C)cc1. The van der Waals surface area contributed by atoms with Crippen molar-refractivity contribution in [1.82, 2.24) is 0 Å². The van der Waals surface area contributed by atoms with Crippen LogP contribution in [0.25, 0.3) is 0 Å². The minimum absolute atomic E-state index is 0.106. The minimum atomic E-state index is -0.272. The average Bonchev–Trinajstić information content (AvgIpc) is 2.63. The van der Waals surface area contributed by atoms with Crippen LogP contribution < -0.4 is 20.7 Å². The molecule has 7 nitrogen and oxygen atoms in total. The van der Waals surface area contributed by atoms with Gasteiger partial charge in [0, 0.05) is 18.3 Å². The Morgan fingerprint density at radius 2 is 1.50 bits per heavy atom. The number of ether oxygens (including phenoxy) is 1. The molecule has 0 spiro atoms. The topological polar surface area (TPSA) is 96.5 Å². The van der Waals surface area contributed by atoms with E-state index in [2.05, 4.69) is 16.0 Å². The number of methoxy groups -OCH3 is 1. The molecule has 2 aromatic rings. The van der Waals surface area contributed by atoms with Gasteiger partial charge in [-0.2, -0.15) is 0 Å². The Bertz CT molecular complexity index is 853. The van der Waals surface area contributed by atoms with Crippen LogP contribution in [0.4, 0.5) is 17.1 Å². The zero-order valence-corrected chi connectivity index (χ0v) is 16.8. The summed E-state index contributed by atoms with van der Waals surface area (Å²) in [5, 5.41) is 8.17. The van der Waals surface area contributed by atoms with Crippen molar-refractivity contribution < 1.29 is 19.1 Å². The Hall–Kier alpha value is -3.00. The molecule has 3 N–H and O–H groups in total. The summed E-state index contributed by atoms with van der Waals surface area (Å²) in [6.07, 6.45) is 0. The van der Waals surface area contributed by atoms with E-state index >= 15 is 0 Å². The number of carbonyl (C=O) groups excluding carboxylic acids is 3. The summed E-state index contributed by atoms with van der Waals surface area (Å²) in [6.45, 7) is 3.38. The molecule has 8 heteroatoms. The van der Waals surface area contributed by atoms with Gasteiger partial charge in [-0.05, 0) is 37.3 Å². The first-order chi connectivity index (χ1) is 13.4. The number of carbonyl (C=O) groups is 3. The Labute approximate surface area is 168 Å². The molecule has 0 atom stereocenters. The molecule has 0 aliphatic rings. The molecule has 2 aromatic carbocycles. The highest BCUT2D eigenvalue weighted by atomic mass is 32.2. The maximum absolute atomic E-state index is 12.2. The first kappa shape index (κ1) is 21.3. The summed E-state index contributed by atoms with van der Waals surface area (Å²) in [5.41, 5.74) is 2.83. The van der Waals surface area contributed by atoms with E-state index in [-0.39, 0.29) is 29.2 Å². The number of hydrogen-bond donors (Lipinski definition) is 3. The van der Waals surface area contributed by atoms with Crippen molar-refractivity contribution in [3.8, 4) is 5.75 Å². The van der Waals surface area contributed by atoms with E-state index in [1.807, 2.05) is 31.2 Å². The van der Waals surface area contributed by atoms with Gasteiger partial charge in [-0.15, -0.1) is 11.8 Å². The molecule has 0 saturated carbocycles. The molecule has 0 aromatic heterocycles. The maximum Gasteiger partial charge on any atom is 0.234 e. The van der Waals surface area contributed by atoms with Gasteiger partial charge in [0.1, 0.15) is 5.75 Å². The lowest BCUT2D eigenvalue weighted by atomic mass is 10.2. The minimum Gasteiger partial charge on any atom is -0.495 e. The lowest BCUT2D eigenvalue weighted by Gasteiger charge is -2.12. The van der Waals surface area contributed by atoms with Gasteiger partial charge >= 0.3 is 0 Å². The van der Waals surface area contributed by atoms with Crippen LogP contribution in [0.15, 0.2) is 42.5 Å². The van der Waals surface area contributed by atoms with E-state index in [1.165, 1.54) is 25.8 Å². The number of aryl methyl sites for hydroxylation is 1. The molecule has 28 heavy (non-hydrogen) atoms. The van der Waals surface area contributed by atoms with E-state index < -0.39 is 0 Å². The summed E-state index contributed by atoms with van der Waals surface area (Å²) < 4.78 is 5.23. The van der Waals surface area contributed by atoms with Gasteiger partial charge in [0.25, 0.3) is 0 Å². The van der Waals surface area contributed by atoms with Gasteiger partial charge in [-0.1, -0.05) is 17.7 Å². The fourth-order valence-electron chi connectivity index (χ4n) is 2.34. The number of amides is 3. The first-order valence-corrected chi connectivity index (χ1v) is 9.72. The third kappa shape index (κ3) is 6.96. The number of hydrogen-bond acceptors (Lipinski definition) is 5. The fourth-order valence-corrected chi connectivity index (χ4v) is 2.96. The van der Waals surface area contributed by atoms with E-state index in [0.717, 1.165) is 11.3 Å². The highest BCUT2D eigenvalue weighted by Crippen LogP contribution is 2.28. The molecule has 148 valence electrons. The molecule has 0 aliphatic heterocycles. The van der Waals surface area contributed by atoms with E-state index in [0.29, 0.717) is 17.1 Å². The van der Waals surface area contributed by atoms with Crippen molar-refractivity contribution in [2.45, 2.75) is 13.8 Å². The number of rotatable bonds is 8. The van der Waals surface area contributed by atoms with Crippen molar-refractivity contribution in [2.75, 3.05) is 34.6 Å². The molecule has 3 amide bonds. The zero-order chi connectivity index (χ0) is 20.5. The lowest BCUT2D eigenvalue weighted by molar-refractivity contribution is -0.115. The predicted octanol–water partition coefficient (Wildman–Crippen LogP) is 3.27. The van der Waals surface area contributed by atoms with Gasteiger partial charge < -0.3 is 20.7 Å². The van der Waals surface area contributed by atoms with E-state index in [1.54, 1.807) is 18.2 Å². The van der Waals surface area contributed by atoms with Crippen LogP contribution in [0, 0.1) is 6.92 Å². The van der Waals surface area contributed by atoms with Crippen LogP contribution in [0.3, 0.4) is 0 Å². The molecular weight excluding hydrogens is 378 g/mol. The number of benzene rings is 2. The second kappa shape index (κ2) is 10.4. The van der Waals surface area contributed by atoms with E-state index in [4.69, 9.17) is 4.74 Å². The van der Waals surface area contributed by atoms with Crippen molar-refractivity contribution in [3.63, 3.8) is 0 Å². The normalized spacial score (nSPS) is 10.1. The summed E-state index contributed by atoms with van der Waals surface area (Å²) in [5.74, 6) is 0.0830. The molecule has 0 aliphatic carbocycles. The Morgan fingerprint density at radius 3 is 2.11 bits per heavy atom. The third-order valence-corrected chi connectivity index (χ3v) is 4.53. The van der Waals surface area contributed by atoms with Crippen molar-refractivity contribution >= 4 is 46.5 Å². The summed E-state index contributed by atoms with van der Waals surface area (Å²) in [7, 11) is 1.49. The molecule has 0 saturated heterocycles. The number of thioether (sulfide) groups is 1. The molecular formula is C20H23N3O4S. The first-order valence-electron chi connectivity index (χ1n) is 8.57. The number of nitrogens with one attached hydrogen (secondary N) is 3. The van der Waals surface area contributed by atoms with Crippen molar-refractivity contribution in [2.24, 2.45) is 0 Å². The predicted molar refractivity (Wildman–Crippen MR) is 113 cm³/mol. The Balaban J connectivity index is 1.84. The highest BCUT2D eigenvalue weighted by Gasteiger charge is 2.11. The van der Waals surface area contributed by atoms with E-state index in [9.17, 15) is 14.4 Å². The van der Waals surface area contributed by atoms with Crippen LogP contribution in [-0.4, -0.2) is 36.3 Å². The van der Waals surface area contributed by atoms with Crippen LogP contribution in [0.1, 0.15) is 12.5 Å². The monoisotopic (exact) mass is 401 g/mol. The lowest BCUT2D eigenvalue weighted by Crippen LogP contribution is -2.19. The van der Waals surface area contributed by atoms with Crippen LogP contribution in [0.2, 0.25) is 0 Å². The highest BCUT2D eigenvalue weighted by molar-refractivity contribution is 8.00. The second-order valence-electron chi connectivity index (χ2n) is 6.05. The van der Waals surface area contributed by atoms with Crippen LogP contribution in [-0.2, 0) is 14.4 Å². The third-order valence-electron chi connectivity index (χ3n) is 3.60. The molecule has 0 bridgehead atoms. The van der Waals surface area contributed by atoms with Crippen molar-refractivity contribution in [1.29, 1.82) is 0 Å². The smallest absolute Gasteiger partial charge is 0.234 e. The van der Waals surface area contributed by atoms with Crippen molar-refractivity contribution in [3.05, 3.63) is 48.0 Å². The molecule has 0 unspecified atom stereocenters. The fraction of sp³-hybridized carbons (Fsp3) is 0.250. The average molecular weight is 401 g/mol. The van der Waals surface area contributed by atoms with Crippen LogP contribution >= 0.6 is 11.8 Å². The quantitative estimate of drug-likeness (QED) is 0.631. The molecule has 0 heterocycles. The van der Waals surface area contributed by atoms with Gasteiger partial charge in [0.2, 0.25) is 17.7 Å². The Kier molecular flexibility index (Phi) is 7.88. The van der Waals surface area contributed by atoms with Crippen LogP contribution in [0.5, 0.6) is 5.75 Å². The molecule has 0 fully saturated rings. The summed E-state index contributed by atoms with van der Waals surface area (Å²) in [6, 6.07) is 12.4. The number of anilines is 3. The zero-order valence-electron chi connectivity index (χ0n) is 16.0. The summed E-state index contributed by atoms with van der Waals surface area (Å²) in [4.78, 5) is 35.3. The second-order valence-corrected chi connectivity index (χ2v) is 7.04. The Morgan fingerprint density at radius 1 is 0.893 bits per heavy atom. The van der Waals surface area contributed by atoms with Gasteiger partial charge in [-0.3, -0.25) is 14.4 Å². The largest absolute Gasteiger partial charge is 0.495 e. The molecule has 0 radical (unpaired) electrons. The van der Waals surface area contributed by atoms with Gasteiger partial charge in [0.15, 0.2) is 0 Å². The molecule has 2 rings (SSSR count). The maximum atomic E-state index is 12.2. The van der Waals surface area contributed by atoms with Gasteiger partial charge in [0.05, 0.1) is 24.3 Å². The standard InChI is InChI=1S/C20H23N3O4S/c1-13-4-6-15(7-5-13)22-19(25)11-28-12-20(26)23-17-10-16(21-14(2)24)8-9-18(17)27-3/h4-10H,11-12H2,1-3H3,(H,21,24)(H,22,25)(H,23,26).